The van der Waals surface area contributed by atoms with Gasteiger partial charge in [-0.3, -0.25) is 9.40 Å². The first kappa shape index (κ1) is 15.3. The fourth-order valence-electron chi connectivity index (χ4n) is 2.47. The fraction of sp³-hybridized carbons (Fsp3) is 0.0625. The topological polar surface area (TPSA) is 103 Å². The molecule has 4 rings (SSSR count). The van der Waals surface area contributed by atoms with Gasteiger partial charge in [0.25, 0.3) is 10.0 Å². The zero-order valence-electron chi connectivity index (χ0n) is 12.9. The van der Waals surface area contributed by atoms with Gasteiger partial charge >= 0.3 is 0 Å². The molecule has 0 aliphatic heterocycles. The molecule has 2 aromatic carbocycles. The summed E-state index contributed by atoms with van der Waals surface area (Å²) in [5, 5.41) is 11.6. The molecule has 0 amide bonds. The Morgan fingerprint density at radius 3 is 2.68 bits per heavy atom. The molecule has 4 aromatic rings. The molecule has 126 valence electrons. The minimum absolute atomic E-state index is 0.0103. The first-order valence-corrected chi connectivity index (χ1v) is 8.92. The smallest absolute Gasteiger partial charge is 0.265 e. The molecule has 0 saturated carbocycles. The van der Waals surface area contributed by atoms with Gasteiger partial charge in [0.1, 0.15) is 10.4 Å². The average Bonchev–Trinajstić information content (AvgIpc) is 3.24. The van der Waals surface area contributed by atoms with Crippen molar-refractivity contribution in [3.8, 4) is 0 Å². The molecular weight excluding hydrogens is 342 g/mol. The van der Waals surface area contributed by atoms with Crippen LogP contribution in [0, 0.1) is 0 Å². The van der Waals surface area contributed by atoms with Crippen LogP contribution in [0.15, 0.2) is 70.3 Å². The summed E-state index contributed by atoms with van der Waals surface area (Å²) in [7, 11) is -3.86. The minimum Gasteiger partial charge on any atom is -0.266 e. The number of sulfonamides is 1. The number of fused-ring (bicyclic) bond motifs is 1. The van der Waals surface area contributed by atoms with E-state index in [0.717, 1.165) is 5.56 Å². The van der Waals surface area contributed by atoms with Gasteiger partial charge in [-0.05, 0) is 28.0 Å². The Labute approximate surface area is 143 Å². The summed E-state index contributed by atoms with van der Waals surface area (Å²) >= 11 is 0. The second kappa shape index (κ2) is 6.02. The summed E-state index contributed by atoms with van der Waals surface area (Å²) in [6.07, 6.45) is 1.71. The number of rotatable bonds is 5. The summed E-state index contributed by atoms with van der Waals surface area (Å²) < 4.78 is 33.9. The lowest BCUT2D eigenvalue weighted by molar-refractivity contribution is 0.315. The zero-order valence-corrected chi connectivity index (χ0v) is 13.7. The first-order chi connectivity index (χ1) is 12.1. The van der Waals surface area contributed by atoms with Crippen LogP contribution in [0.5, 0.6) is 0 Å². The van der Waals surface area contributed by atoms with Crippen LogP contribution >= 0.6 is 0 Å². The molecule has 0 aliphatic carbocycles. The van der Waals surface area contributed by atoms with E-state index in [9.17, 15) is 8.42 Å². The molecule has 0 fully saturated rings. The molecular formula is C16H13N5O3S. The van der Waals surface area contributed by atoms with E-state index in [4.69, 9.17) is 0 Å². The van der Waals surface area contributed by atoms with Crippen LogP contribution in [0.3, 0.4) is 0 Å². The normalized spacial score (nSPS) is 11.7. The van der Waals surface area contributed by atoms with Gasteiger partial charge in [-0.2, -0.15) is 5.10 Å². The van der Waals surface area contributed by atoms with Crippen LogP contribution in [0.2, 0.25) is 0 Å². The van der Waals surface area contributed by atoms with Crippen molar-refractivity contribution in [2.45, 2.75) is 11.4 Å². The minimum atomic E-state index is -3.86. The van der Waals surface area contributed by atoms with E-state index in [1.807, 2.05) is 30.3 Å². The molecule has 2 aromatic heterocycles. The highest BCUT2D eigenvalue weighted by Gasteiger charge is 2.21. The molecule has 0 atom stereocenters. The number of nitrogens with one attached hydrogen (secondary N) is 1. The highest BCUT2D eigenvalue weighted by molar-refractivity contribution is 7.93. The molecule has 9 heteroatoms. The average molecular weight is 355 g/mol. The Morgan fingerprint density at radius 1 is 1.00 bits per heavy atom. The molecule has 0 bridgehead atoms. The van der Waals surface area contributed by atoms with E-state index >= 15 is 0 Å². The van der Waals surface area contributed by atoms with Crippen LogP contribution in [-0.2, 0) is 16.6 Å². The quantitative estimate of drug-likeness (QED) is 0.589. The summed E-state index contributed by atoms with van der Waals surface area (Å²) in [6, 6.07) is 16.0. The van der Waals surface area contributed by atoms with Crippen molar-refractivity contribution in [1.82, 2.24) is 20.1 Å². The predicted octanol–water partition coefficient (Wildman–Crippen LogP) is 2.27. The Morgan fingerprint density at radius 2 is 1.84 bits per heavy atom. The Kier molecular flexibility index (Phi) is 3.69. The van der Waals surface area contributed by atoms with Crippen molar-refractivity contribution in [2.75, 3.05) is 4.72 Å². The first-order valence-electron chi connectivity index (χ1n) is 7.43. The van der Waals surface area contributed by atoms with E-state index in [0.29, 0.717) is 12.1 Å². The van der Waals surface area contributed by atoms with Crippen LogP contribution in [0.25, 0.3) is 11.0 Å². The van der Waals surface area contributed by atoms with Gasteiger partial charge in [-0.25, -0.2) is 13.0 Å². The third kappa shape index (κ3) is 3.09. The molecule has 0 unspecified atom stereocenters. The van der Waals surface area contributed by atoms with Crippen molar-refractivity contribution in [1.29, 1.82) is 0 Å². The molecule has 0 aliphatic rings. The largest absolute Gasteiger partial charge is 0.266 e. The highest BCUT2D eigenvalue weighted by Crippen LogP contribution is 2.22. The van der Waals surface area contributed by atoms with Gasteiger partial charge in [0, 0.05) is 12.3 Å². The van der Waals surface area contributed by atoms with Gasteiger partial charge in [-0.1, -0.05) is 36.4 Å². The van der Waals surface area contributed by atoms with Crippen LogP contribution in [0.1, 0.15) is 5.56 Å². The molecule has 8 nitrogen and oxygen atoms in total. The number of anilines is 1. The molecule has 2 heterocycles. The Hall–Kier alpha value is -3.20. The van der Waals surface area contributed by atoms with Gasteiger partial charge < -0.3 is 0 Å². The molecule has 0 saturated heterocycles. The number of hydrogen-bond acceptors (Lipinski definition) is 6. The number of hydrogen-bond donors (Lipinski definition) is 1. The third-order valence-corrected chi connectivity index (χ3v) is 4.99. The maximum atomic E-state index is 12.6. The number of aromatic nitrogens is 4. The Bertz CT molecular complexity index is 1120. The van der Waals surface area contributed by atoms with E-state index in [-0.39, 0.29) is 16.2 Å². The zero-order chi connectivity index (χ0) is 17.3. The van der Waals surface area contributed by atoms with Gasteiger partial charge in [-0.15, -0.1) is 0 Å². The van der Waals surface area contributed by atoms with Gasteiger partial charge in [0.2, 0.25) is 0 Å². The summed E-state index contributed by atoms with van der Waals surface area (Å²) in [6.45, 7) is 0.547. The van der Waals surface area contributed by atoms with Gasteiger partial charge in [0.05, 0.1) is 6.54 Å². The fourth-order valence-corrected chi connectivity index (χ4v) is 3.61. The molecule has 0 spiro atoms. The maximum Gasteiger partial charge on any atom is 0.265 e. The second-order valence-electron chi connectivity index (χ2n) is 5.38. The van der Waals surface area contributed by atoms with Crippen molar-refractivity contribution < 1.29 is 13.0 Å². The summed E-state index contributed by atoms with van der Waals surface area (Å²) in [4.78, 5) is -0.0103. The molecule has 25 heavy (non-hydrogen) atoms. The summed E-state index contributed by atoms with van der Waals surface area (Å²) in [5.74, 6) is 0.226. The molecule has 1 N–H and O–H groups in total. The second-order valence-corrected chi connectivity index (χ2v) is 7.03. The monoisotopic (exact) mass is 355 g/mol. The van der Waals surface area contributed by atoms with Crippen molar-refractivity contribution in [3.63, 3.8) is 0 Å². The lowest BCUT2D eigenvalue weighted by atomic mass is 10.2. The van der Waals surface area contributed by atoms with E-state index in [2.05, 4.69) is 24.8 Å². The standard InChI is InChI=1S/C16H13N5O3S/c22-25(23,14-8-4-7-13-16(14)19-24-18-13)20-15-9-10-21(17-15)11-12-5-2-1-3-6-12/h1-10H,11H2,(H,17,20). The van der Waals surface area contributed by atoms with Gasteiger partial charge in [0.15, 0.2) is 11.3 Å². The van der Waals surface area contributed by atoms with Crippen molar-refractivity contribution >= 4 is 26.9 Å². The molecule has 0 radical (unpaired) electrons. The third-order valence-electron chi connectivity index (χ3n) is 3.61. The predicted molar refractivity (Wildman–Crippen MR) is 90.4 cm³/mol. The summed E-state index contributed by atoms with van der Waals surface area (Å²) in [5.41, 5.74) is 1.62. The highest BCUT2D eigenvalue weighted by atomic mass is 32.2. The van der Waals surface area contributed by atoms with Crippen LogP contribution in [0.4, 0.5) is 5.82 Å². The van der Waals surface area contributed by atoms with E-state index < -0.39 is 10.0 Å². The lowest BCUT2D eigenvalue weighted by Crippen LogP contribution is -2.14. The van der Waals surface area contributed by atoms with Crippen molar-refractivity contribution in [3.05, 3.63) is 66.4 Å². The van der Waals surface area contributed by atoms with E-state index in [1.54, 1.807) is 29.1 Å². The van der Waals surface area contributed by atoms with Crippen molar-refractivity contribution in [2.24, 2.45) is 0 Å². The lowest BCUT2D eigenvalue weighted by Gasteiger charge is -2.05. The number of benzene rings is 2. The van der Waals surface area contributed by atoms with Crippen LogP contribution in [-0.4, -0.2) is 28.5 Å². The Balaban J connectivity index is 1.58. The van der Waals surface area contributed by atoms with E-state index in [1.165, 1.54) is 6.07 Å². The maximum absolute atomic E-state index is 12.6. The SMILES string of the molecule is O=S(=O)(Nc1ccn(Cc2ccccc2)n1)c1cccc2nonc12. The number of nitrogens with zero attached hydrogens (tertiary/aromatic N) is 4. The van der Waals surface area contributed by atoms with Crippen LogP contribution < -0.4 is 4.72 Å².